The van der Waals surface area contributed by atoms with E-state index < -0.39 is 16.4 Å². The van der Waals surface area contributed by atoms with Crippen LogP contribution in [-0.2, 0) is 0 Å². The minimum atomic E-state index is -0.813. The Morgan fingerprint density at radius 2 is 2.25 bits per heavy atom. The average molecular weight is 224 g/mol. The summed E-state index contributed by atoms with van der Waals surface area (Å²) < 4.78 is 13.1. The van der Waals surface area contributed by atoms with E-state index >= 15 is 0 Å². The largest absolute Gasteiger partial charge is 0.324 e. The molecule has 4 nitrogen and oxygen atoms in total. The first kappa shape index (κ1) is 11.0. The topological polar surface area (TPSA) is 69.2 Å². The van der Waals surface area contributed by atoms with Crippen LogP contribution in [0, 0.1) is 21.8 Å². The summed E-state index contributed by atoms with van der Waals surface area (Å²) in [6.45, 7) is 0. The van der Waals surface area contributed by atoms with E-state index in [1.54, 1.807) is 0 Å². The molecule has 5 heteroatoms. The van der Waals surface area contributed by atoms with Crippen LogP contribution in [0.25, 0.3) is 0 Å². The highest BCUT2D eigenvalue weighted by Crippen LogP contribution is 2.37. The van der Waals surface area contributed by atoms with Gasteiger partial charge in [-0.1, -0.05) is 18.9 Å². The fraction of sp³-hybridized carbons (Fsp3) is 0.455. The van der Waals surface area contributed by atoms with Gasteiger partial charge < -0.3 is 5.73 Å². The van der Waals surface area contributed by atoms with Crippen LogP contribution in [0.15, 0.2) is 18.2 Å². The SMILES string of the molecule is N[C@@H](CC1CC1)c1ccc(F)c([N+](=O)[O-])c1. The molecule has 16 heavy (non-hydrogen) atoms. The zero-order valence-electron chi connectivity index (χ0n) is 8.73. The van der Waals surface area contributed by atoms with E-state index in [4.69, 9.17) is 5.73 Å². The first-order valence-corrected chi connectivity index (χ1v) is 5.27. The maximum atomic E-state index is 13.1. The number of halogens is 1. The van der Waals surface area contributed by atoms with Crippen LogP contribution in [0.2, 0.25) is 0 Å². The third-order valence-electron chi connectivity index (χ3n) is 2.88. The summed E-state index contributed by atoms with van der Waals surface area (Å²) in [5, 5.41) is 10.6. The number of nitro benzene ring substituents is 1. The molecule has 1 aliphatic rings. The molecule has 0 amide bonds. The Morgan fingerprint density at radius 3 is 2.81 bits per heavy atom. The molecule has 1 atom stereocenters. The second kappa shape index (κ2) is 4.17. The lowest BCUT2D eigenvalue weighted by atomic mass is 10.0. The van der Waals surface area contributed by atoms with E-state index in [1.807, 2.05) is 0 Å². The van der Waals surface area contributed by atoms with Gasteiger partial charge in [0.1, 0.15) is 0 Å². The quantitative estimate of drug-likeness (QED) is 0.631. The van der Waals surface area contributed by atoms with E-state index in [9.17, 15) is 14.5 Å². The van der Waals surface area contributed by atoms with Crippen molar-refractivity contribution in [3.63, 3.8) is 0 Å². The van der Waals surface area contributed by atoms with Gasteiger partial charge in [0.15, 0.2) is 0 Å². The highest BCUT2D eigenvalue weighted by atomic mass is 19.1. The number of nitrogens with zero attached hydrogens (tertiary/aromatic N) is 1. The van der Waals surface area contributed by atoms with Crippen LogP contribution >= 0.6 is 0 Å². The molecule has 1 saturated carbocycles. The Labute approximate surface area is 92.4 Å². The van der Waals surface area contributed by atoms with E-state index in [0.717, 1.165) is 12.5 Å². The summed E-state index contributed by atoms with van der Waals surface area (Å²) >= 11 is 0. The number of rotatable bonds is 4. The van der Waals surface area contributed by atoms with Gasteiger partial charge in [-0.25, -0.2) is 0 Å². The Bertz CT molecular complexity index is 418. The molecule has 1 aliphatic carbocycles. The lowest BCUT2D eigenvalue weighted by Crippen LogP contribution is -2.11. The molecule has 86 valence electrons. The zero-order chi connectivity index (χ0) is 11.7. The minimum Gasteiger partial charge on any atom is -0.324 e. The van der Waals surface area contributed by atoms with E-state index in [-0.39, 0.29) is 6.04 Å². The highest BCUT2D eigenvalue weighted by molar-refractivity contribution is 5.37. The van der Waals surface area contributed by atoms with Gasteiger partial charge in [-0.15, -0.1) is 0 Å². The van der Waals surface area contributed by atoms with Gasteiger partial charge in [0.05, 0.1) is 4.92 Å². The average Bonchev–Trinajstić information content (AvgIpc) is 3.01. The van der Waals surface area contributed by atoms with Gasteiger partial charge in [0, 0.05) is 12.1 Å². The second-order valence-corrected chi connectivity index (χ2v) is 4.25. The van der Waals surface area contributed by atoms with Gasteiger partial charge in [0.25, 0.3) is 0 Å². The fourth-order valence-corrected chi connectivity index (χ4v) is 1.75. The smallest absolute Gasteiger partial charge is 0.305 e. The number of nitrogens with two attached hydrogens (primary N) is 1. The molecular weight excluding hydrogens is 211 g/mol. The highest BCUT2D eigenvalue weighted by Gasteiger charge is 2.25. The Hall–Kier alpha value is -1.49. The van der Waals surface area contributed by atoms with Crippen LogP contribution in [0.4, 0.5) is 10.1 Å². The lowest BCUT2D eigenvalue weighted by molar-refractivity contribution is -0.387. The van der Waals surface area contributed by atoms with Crippen molar-refractivity contribution in [1.29, 1.82) is 0 Å². The molecule has 0 unspecified atom stereocenters. The predicted molar refractivity (Wildman–Crippen MR) is 57.3 cm³/mol. The fourth-order valence-electron chi connectivity index (χ4n) is 1.75. The van der Waals surface area contributed by atoms with Crippen LogP contribution in [-0.4, -0.2) is 4.92 Å². The van der Waals surface area contributed by atoms with Gasteiger partial charge in [-0.2, -0.15) is 4.39 Å². The van der Waals surface area contributed by atoms with Crippen molar-refractivity contribution in [2.45, 2.75) is 25.3 Å². The van der Waals surface area contributed by atoms with Crippen molar-refractivity contribution in [2.75, 3.05) is 0 Å². The van der Waals surface area contributed by atoms with E-state index in [0.29, 0.717) is 11.5 Å². The summed E-state index contributed by atoms with van der Waals surface area (Å²) in [4.78, 5) is 9.84. The summed E-state index contributed by atoms with van der Waals surface area (Å²) in [5.74, 6) is -0.175. The molecule has 0 aliphatic heterocycles. The number of benzene rings is 1. The summed E-state index contributed by atoms with van der Waals surface area (Å²) in [5.41, 5.74) is 6.05. The molecular formula is C11H13FN2O2. The summed E-state index contributed by atoms with van der Waals surface area (Å²) in [6, 6.07) is 3.64. The summed E-state index contributed by atoms with van der Waals surface area (Å²) in [6.07, 6.45) is 3.18. The molecule has 0 radical (unpaired) electrons. The van der Waals surface area contributed by atoms with Gasteiger partial charge >= 0.3 is 5.69 Å². The van der Waals surface area contributed by atoms with Crippen molar-refractivity contribution < 1.29 is 9.31 Å². The second-order valence-electron chi connectivity index (χ2n) is 4.25. The number of nitro groups is 1. The van der Waals surface area contributed by atoms with Crippen LogP contribution in [0.1, 0.15) is 30.9 Å². The van der Waals surface area contributed by atoms with E-state index in [1.165, 1.54) is 25.0 Å². The standard InChI is InChI=1S/C11H13FN2O2/c12-9-4-3-8(6-11(9)14(15)16)10(13)5-7-1-2-7/h3-4,6-7,10H,1-2,5,13H2/t10-/m0/s1. The maximum Gasteiger partial charge on any atom is 0.305 e. The number of hydrogen-bond acceptors (Lipinski definition) is 3. The third kappa shape index (κ3) is 2.36. The lowest BCUT2D eigenvalue weighted by Gasteiger charge is -2.10. The van der Waals surface area contributed by atoms with Crippen molar-refractivity contribution in [1.82, 2.24) is 0 Å². The van der Waals surface area contributed by atoms with Crippen molar-refractivity contribution in [2.24, 2.45) is 11.7 Å². The summed E-state index contributed by atoms with van der Waals surface area (Å²) in [7, 11) is 0. The maximum absolute atomic E-state index is 13.1. The van der Waals surface area contributed by atoms with Gasteiger partial charge in [0.2, 0.25) is 5.82 Å². The first-order chi connectivity index (χ1) is 7.58. The number of hydrogen-bond donors (Lipinski definition) is 1. The van der Waals surface area contributed by atoms with Crippen molar-refractivity contribution in [3.8, 4) is 0 Å². The monoisotopic (exact) mass is 224 g/mol. The van der Waals surface area contributed by atoms with Crippen molar-refractivity contribution in [3.05, 3.63) is 39.7 Å². The molecule has 0 bridgehead atoms. The van der Waals surface area contributed by atoms with Crippen LogP contribution < -0.4 is 5.73 Å². The molecule has 0 aromatic heterocycles. The first-order valence-electron chi connectivity index (χ1n) is 5.27. The normalized spacial score (nSPS) is 17.1. The Kier molecular flexibility index (Phi) is 2.87. The van der Waals surface area contributed by atoms with Crippen molar-refractivity contribution >= 4 is 5.69 Å². The zero-order valence-corrected chi connectivity index (χ0v) is 8.73. The molecule has 2 rings (SSSR count). The molecule has 1 fully saturated rings. The van der Waals surface area contributed by atoms with Gasteiger partial charge in [-0.05, 0) is 24.0 Å². The molecule has 0 spiro atoms. The van der Waals surface area contributed by atoms with Gasteiger partial charge in [-0.3, -0.25) is 10.1 Å². The molecule has 0 heterocycles. The molecule has 1 aromatic rings. The molecule has 0 saturated heterocycles. The minimum absolute atomic E-state index is 0.230. The molecule has 2 N–H and O–H groups in total. The Balaban J connectivity index is 2.20. The van der Waals surface area contributed by atoms with E-state index in [2.05, 4.69) is 0 Å². The Morgan fingerprint density at radius 1 is 1.56 bits per heavy atom. The third-order valence-corrected chi connectivity index (χ3v) is 2.88. The van der Waals surface area contributed by atoms with Crippen LogP contribution in [0.5, 0.6) is 0 Å². The molecule has 1 aromatic carbocycles. The van der Waals surface area contributed by atoms with Crippen LogP contribution in [0.3, 0.4) is 0 Å². The predicted octanol–water partition coefficient (Wildman–Crippen LogP) is 2.53.